The molecule has 41 heavy (non-hydrogen) atoms. The van der Waals surface area contributed by atoms with Crippen LogP contribution in [0, 0.1) is 13.8 Å². The number of nitrogen functional groups attached to an aromatic ring is 1. The van der Waals surface area contributed by atoms with Crippen LogP contribution < -0.4 is 22.5 Å². The highest BCUT2D eigenvalue weighted by Crippen LogP contribution is 2.26. The Morgan fingerprint density at radius 3 is 2.29 bits per heavy atom. The first-order valence-corrected chi connectivity index (χ1v) is 12.9. The van der Waals surface area contributed by atoms with Gasteiger partial charge in [-0.05, 0) is 49.2 Å². The van der Waals surface area contributed by atoms with E-state index in [1.807, 2.05) is 30.6 Å². The molecule has 5 aromatic rings. The summed E-state index contributed by atoms with van der Waals surface area (Å²) in [7, 11) is 0. The number of nitrogens with zero attached hydrogens (tertiary/aromatic N) is 5. The Bertz CT molecular complexity index is 1880. The number of aryl methyl sites for hydroxylation is 3. The summed E-state index contributed by atoms with van der Waals surface area (Å²) in [5.41, 5.74) is 21.5. The fourth-order valence-electron chi connectivity index (χ4n) is 4.79. The summed E-state index contributed by atoms with van der Waals surface area (Å²) >= 11 is 0. The molecule has 13 heteroatoms. The van der Waals surface area contributed by atoms with Gasteiger partial charge in [0, 0.05) is 31.1 Å². The molecule has 0 atom stereocenters. The van der Waals surface area contributed by atoms with Gasteiger partial charge in [-0.15, -0.1) is 0 Å². The van der Waals surface area contributed by atoms with Crippen molar-refractivity contribution in [2.24, 2.45) is 11.5 Å². The maximum Gasteiger partial charge on any atom is 0.295 e. The lowest BCUT2D eigenvalue weighted by Gasteiger charge is -2.10. The van der Waals surface area contributed by atoms with Crippen molar-refractivity contribution in [2.45, 2.75) is 40.3 Å². The summed E-state index contributed by atoms with van der Waals surface area (Å²) in [6.07, 6.45) is 4.33. The number of imidazole rings is 2. The Morgan fingerprint density at radius 1 is 0.927 bits per heavy atom. The van der Waals surface area contributed by atoms with Crippen LogP contribution in [0.2, 0.25) is 0 Å². The summed E-state index contributed by atoms with van der Waals surface area (Å²) < 4.78 is 9.18. The number of carbonyl (C=O) groups excluding carboxylic acids is 3. The fraction of sp³-hybridized carbons (Fsp3) is 0.214. The average Bonchev–Trinajstić information content (AvgIpc) is 3.58. The summed E-state index contributed by atoms with van der Waals surface area (Å²) in [5, 5.41) is 2.84. The highest BCUT2D eigenvalue weighted by Gasteiger charge is 2.22. The van der Waals surface area contributed by atoms with Gasteiger partial charge in [0.15, 0.2) is 5.89 Å². The molecule has 3 heterocycles. The third-order valence-corrected chi connectivity index (χ3v) is 6.69. The van der Waals surface area contributed by atoms with Crippen LogP contribution in [0.4, 0.5) is 11.9 Å². The molecule has 3 amide bonds. The molecule has 0 saturated carbocycles. The van der Waals surface area contributed by atoms with Crippen LogP contribution in [0.15, 0.2) is 46.9 Å². The lowest BCUT2D eigenvalue weighted by molar-refractivity contribution is 0.0987. The number of oxazole rings is 1. The van der Waals surface area contributed by atoms with E-state index in [1.165, 1.54) is 0 Å². The number of carbonyl (C=O) groups is 3. The Labute approximate surface area is 234 Å². The summed E-state index contributed by atoms with van der Waals surface area (Å²) in [5.74, 6) is -0.536. The molecule has 0 spiro atoms. The number of aromatic nitrogens is 5. The third-order valence-electron chi connectivity index (χ3n) is 6.69. The van der Waals surface area contributed by atoms with Crippen molar-refractivity contribution in [3.63, 3.8) is 0 Å². The monoisotopic (exact) mass is 555 g/mol. The molecule has 210 valence electrons. The molecular weight excluding hydrogens is 526 g/mol. The predicted molar refractivity (Wildman–Crippen MR) is 153 cm³/mol. The molecule has 3 aromatic heterocycles. The second-order valence-corrected chi connectivity index (χ2v) is 9.51. The average molecular weight is 556 g/mol. The molecule has 0 unspecified atom stereocenters. The van der Waals surface area contributed by atoms with Crippen molar-refractivity contribution < 1.29 is 18.8 Å². The zero-order chi connectivity index (χ0) is 29.4. The first-order chi connectivity index (χ1) is 19.6. The Kier molecular flexibility index (Phi) is 7.01. The Hall–Kier alpha value is -5.46. The van der Waals surface area contributed by atoms with Gasteiger partial charge in [-0.25, -0.2) is 15.0 Å². The van der Waals surface area contributed by atoms with Gasteiger partial charge in [0.1, 0.15) is 0 Å². The zero-order valence-corrected chi connectivity index (χ0v) is 22.8. The zero-order valence-electron chi connectivity index (χ0n) is 22.8. The van der Waals surface area contributed by atoms with Crippen LogP contribution in [-0.4, -0.2) is 41.8 Å². The molecule has 0 bridgehead atoms. The van der Waals surface area contributed by atoms with E-state index in [4.69, 9.17) is 21.6 Å². The topological polar surface area (TPSA) is 203 Å². The van der Waals surface area contributed by atoms with Gasteiger partial charge in [-0.2, -0.15) is 0 Å². The summed E-state index contributed by atoms with van der Waals surface area (Å²) in [6, 6.07) is 8.26. The molecule has 0 aliphatic heterocycles. The quantitative estimate of drug-likeness (QED) is 0.199. The maximum atomic E-state index is 13.2. The first kappa shape index (κ1) is 27.1. The van der Waals surface area contributed by atoms with Gasteiger partial charge in [0.05, 0.1) is 27.8 Å². The summed E-state index contributed by atoms with van der Waals surface area (Å²) in [4.78, 5) is 49.8. The minimum Gasteiger partial charge on any atom is -0.436 e. The number of rotatable bonds is 9. The molecule has 0 fully saturated rings. The van der Waals surface area contributed by atoms with Gasteiger partial charge in [-0.3, -0.25) is 19.7 Å². The predicted octanol–water partition coefficient (Wildman–Crippen LogP) is 2.84. The van der Waals surface area contributed by atoms with E-state index in [0.717, 1.165) is 16.6 Å². The van der Waals surface area contributed by atoms with Gasteiger partial charge >= 0.3 is 0 Å². The van der Waals surface area contributed by atoms with Crippen molar-refractivity contribution in [1.82, 2.24) is 24.1 Å². The highest BCUT2D eigenvalue weighted by atomic mass is 16.4. The van der Waals surface area contributed by atoms with Gasteiger partial charge < -0.3 is 30.8 Å². The Morgan fingerprint density at radius 2 is 1.61 bits per heavy atom. The number of amides is 3. The fourth-order valence-corrected chi connectivity index (χ4v) is 4.79. The molecule has 13 nitrogen and oxygen atoms in total. The summed E-state index contributed by atoms with van der Waals surface area (Å²) in [6.45, 7) is 6.13. The van der Waals surface area contributed by atoms with E-state index < -0.39 is 17.7 Å². The molecule has 0 aliphatic carbocycles. The number of fused-ring (bicyclic) bond motifs is 2. The normalized spacial score (nSPS) is 11.6. The first-order valence-electron chi connectivity index (χ1n) is 12.9. The largest absolute Gasteiger partial charge is 0.436 e. The van der Waals surface area contributed by atoms with Crippen molar-refractivity contribution >= 4 is 51.7 Å². The molecule has 2 aromatic carbocycles. The van der Waals surface area contributed by atoms with Crippen molar-refractivity contribution in [3.05, 3.63) is 76.5 Å². The molecule has 7 N–H and O–H groups in total. The van der Waals surface area contributed by atoms with E-state index in [0.29, 0.717) is 53.3 Å². The molecular formula is C28H29N9O4. The highest BCUT2D eigenvalue weighted by molar-refractivity contribution is 6.03. The van der Waals surface area contributed by atoms with Gasteiger partial charge in [-0.1, -0.05) is 19.1 Å². The van der Waals surface area contributed by atoms with Crippen molar-refractivity contribution in [3.8, 4) is 0 Å². The van der Waals surface area contributed by atoms with E-state index in [2.05, 4.69) is 20.3 Å². The SMILES string of the molecule is CCc1nc(C)oc1C(=O)Nc1nc2cc(C(N)=O)cc(C)c2n1C/C=C/Cn1c(N)nc2cc(C(N)=O)ccc21. The van der Waals surface area contributed by atoms with Gasteiger partial charge in [0.2, 0.25) is 29.5 Å². The smallest absolute Gasteiger partial charge is 0.295 e. The van der Waals surface area contributed by atoms with Crippen molar-refractivity contribution in [2.75, 3.05) is 11.1 Å². The van der Waals surface area contributed by atoms with Crippen molar-refractivity contribution in [1.29, 1.82) is 0 Å². The van der Waals surface area contributed by atoms with E-state index in [-0.39, 0.29) is 17.7 Å². The van der Waals surface area contributed by atoms with Crippen LogP contribution in [0.5, 0.6) is 0 Å². The molecule has 0 radical (unpaired) electrons. The van der Waals surface area contributed by atoms with E-state index >= 15 is 0 Å². The second kappa shape index (κ2) is 10.6. The van der Waals surface area contributed by atoms with E-state index in [9.17, 15) is 14.4 Å². The van der Waals surface area contributed by atoms with Crippen LogP contribution in [0.1, 0.15) is 55.3 Å². The number of anilines is 2. The number of primary amides is 2. The van der Waals surface area contributed by atoms with Crippen LogP contribution >= 0.6 is 0 Å². The number of nitrogens with two attached hydrogens (primary N) is 3. The number of hydrogen-bond acceptors (Lipinski definition) is 8. The number of benzene rings is 2. The lowest BCUT2D eigenvalue weighted by Crippen LogP contribution is -2.17. The number of nitrogens with one attached hydrogen (secondary N) is 1. The third kappa shape index (κ3) is 5.12. The molecule has 0 saturated heterocycles. The van der Waals surface area contributed by atoms with Gasteiger partial charge in [0.25, 0.3) is 5.91 Å². The minimum absolute atomic E-state index is 0.121. The Balaban J connectivity index is 1.47. The van der Waals surface area contributed by atoms with Crippen LogP contribution in [-0.2, 0) is 19.5 Å². The van der Waals surface area contributed by atoms with Crippen LogP contribution in [0.3, 0.4) is 0 Å². The minimum atomic E-state index is -0.576. The van der Waals surface area contributed by atoms with E-state index in [1.54, 1.807) is 41.8 Å². The maximum absolute atomic E-state index is 13.2. The standard InChI is InChI=1S/C28H29N9O4/c1-4-18-23(41-15(3)32-18)26(40)35-28-34-20-13-17(25(30)39)11-14(2)22(20)37(28)10-6-5-9-36-21-8-7-16(24(29)38)12-19(21)33-27(36)31/h5-8,11-13H,4,9-10H2,1-3H3,(H2,29,38)(H2,30,39)(H2,31,33)(H,34,35,40)/b6-5+. The second-order valence-electron chi connectivity index (χ2n) is 9.51. The number of hydrogen-bond donors (Lipinski definition) is 4. The molecule has 5 rings (SSSR count). The lowest BCUT2D eigenvalue weighted by atomic mass is 10.1. The van der Waals surface area contributed by atoms with Crippen LogP contribution in [0.25, 0.3) is 22.1 Å². The number of allylic oxidation sites excluding steroid dienone is 2. The molecule has 0 aliphatic rings.